The molecule has 0 fully saturated rings. The molecule has 2 heterocycles. The van der Waals surface area contributed by atoms with Gasteiger partial charge < -0.3 is 19.2 Å². The summed E-state index contributed by atoms with van der Waals surface area (Å²) in [6, 6.07) is 15.4. The zero-order valence-electron chi connectivity index (χ0n) is 17.4. The number of amides is 1. The number of nitrogens with zero attached hydrogens (tertiary/aromatic N) is 1. The molecule has 4 rings (SSSR count). The van der Waals surface area contributed by atoms with Crippen molar-refractivity contribution in [2.75, 3.05) is 20.3 Å². The van der Waals surface area contributed by atoms with Gasteiger partial charge in [-0.1, -0.05) is 23.7 Å². The Kier molecular flexibility index (Phi) is 6.79. The predicted octanol–water partition coefficient (Wildman–Crippen LogP) is 4.66. The molecule has 0 saturated carbocycles. The molecule has 0 radical (unpaired) electrons. The first-order chi connectivity index (χ1) is 15.1. The highest BCUT2D eigenvalue weighted by atomic mass is 35.5. The zero-order valence-corrected chi connectivity index (χ0v) is 18.2. The quantitative estimate of drug-likeness (QED) is 0.579. The van der Waals surface area contributed by atoms with Crippen LogP contribution in [0, 0.1) is 0 Å². The largest absolute Gasteiger partial charge is 0.489 e. The van der Waals surface area contributed by atoms with Crippen LogP contribution in [0.4, 0.5) is 0 Å². The van der Waals surface area contributed by atoms with Gasteiger partial charge in [-0.15, -0.1) is 0 Å². The van der Waals surface area contributed by atoms with Crippen molar-refractivity contribution in [3.8, 4) is 11.5 Å². The number of nitrogens with one attached hydrogen (secondary N) is 1. The van der Waals surface area contributed by atoms with Crippen LogP contribution < -0.4 is 14.8 Å². The van der Waals surface area contributed by atoms with Crippen LogP contribution in [0.25, 0.3) is 0 Å². The van der Waals surface area contributed by atoms with Crippen molar-refractivity contribution in [1.29, 1.82) is 0 Å². The summed E-state index contributed by atoms with van der Waals surface area (Å²) in [7, 11) is 1.63. The fourth-order valence-corrected chi connectivity index (χ4v) is 3.88. The van der Waals surface area contributed by atoms with Crippen LogP contribution in [0.15, 0.2) is 59.2 Å². The van der Waals surface area contributed by atoms with Crippen molar-refractivity contribution in [3.63, 3.8) is 0 Å². The summed E-state index contributed by atoms with van der Waals surface area (Å²) in [5.41, 5.74) is 2.76. The van der Waals surface area contributed by atoms with Crippen LogP contribution in [0.2, 0.25) is 5.02 Å². The maximum Gasteiger partial charge on any atom is 0.251 e. The van der Waals surface area contributed by atoms with Crippen molar-refractivity contribution < 1.29 is 18.7 Å². The number of carbonyl (C=O) groups is 1. The van der Waals surface area contributed by atoms with Gasteiger partial charge in [-0.2, -0.15) is 0 Å². The number of furan rings is 1. The lowest BCUT2D eigenvalue weighted by Gasteiger charge is -2.22. The number of rotatable bonds is 7. The van der Waals surface area contributed by atoms with Crippen LogP contribution >= 0.6 is 11.6 Å². The van der Waals surface area contributed by atoms with Gasteiger partial charge in [0.05, 0.1) is 31.0 Å². The standard InChI is InChI=1S/C24H25ClN2O4/c1-26-24(28)19-7-5-17(6-8-19)14-27(16-20-4-2-9-29-20)15-18-12-21(25)23-22(13-18)30-10-3-11-31-23/h2,4-9,12-13H,3,10-11,14-16H2,1H3,(H,26,28). The van der Waals surface area contributed by atoms with Crippen molar-refractivity contribution >= 4 is 17.5 Å². The molecule has 0 saturated heterocycles. The van der Waals surface area contributed by atoms with Gasteiger partial charge in [0.2, 0.25) is 0 Å². The summed E-state index contributed by atoms with van der Waals surface area (Å²) >= 11 is 6.49. The fraction of sp³-hybridized carbons (Fsp3) is 0.292. The van der Waals surface area contributed by atoms with Gasteiger partial charge in [-0.25, -0.2) is 0 Å². The maximum atomic E-state index is 11.8. The monoisotopic (exact) mass is 440 g/mol. The van der Waals surface area contributed by atoms with E-state index in [-0.39, 0.29) is 5.91 Å². The second kappa shape index (κ2) is 9.90. The molecule has 0 bridgehead atoms. The Bertz CT molecular complexity index is 1020. The molecule has 31 heavy (non-hydrogen) atoms. The molecule has 7 heteroatoms. The molecule has 3 aromatic rings. The van der Waals surface area contributed by atoms with E-state index in [1.54, 1.807) is 13.3 Å². The van der Waals surface area contributed by atoms with E-state index in [0.717, 1.165) is 23.3 Å². The molecule has 0 atom stereocenters. The van der Waals surface area contributed by atoms with E-state index >= 15 is 0 Å². The average molecular weight is 441 g/mol. The van der Waals surface area contributed by atoms with Gasteiger partial charge in [0.25, 0.3) is 5.91 Å². The zero-order chi connectivity index (χ0) is 21.6. The normalized spacial score (nSPS) is 13.1. The fourth-order valence-electron chi connectivity index (χ4n) is 3.59. The second-order valence-electron chi connectivity index (χ2n) is 7.46. The second-order valence-corrected chi connectivity index (χ2v) is 7.86. The van der Waals surface area contributed by atoms with Gasteiger partial charge in [-0.3, -0.25) is 9.69 Å². The highest BCUT2D eigenvalue weighted by molar-refractivity contribution is 6.32. The Morgan fingerprint density at radius 3 is 2.55 bits per heavy atom. The van der Waals surface area contributed by atoms with Gasteiger partial charge in [0.1, 0.15) is 5.76 Å². The first-order valence-corrected chi connectivity index (χ1v) is 10.6. The smallest absolute Gasteiger partial charge is 0.251 e. The summed E-state index contributed by atoms with van der Waals surface area (Å²) < 4.78 is 17.1. The molecule has 0 spiro atoms. The molecular weight excluding hydrogens is 416 g/mol. The van der Waals surface area contributed by atoms with E-state index in [0.29, 0.717) is 54.9 Å². The minimum Gasteiger partial charge on any atom is -0.489 e. The number of hydrogen-bond acceptors (Lipinski definition) is 5. The number of carbonyl (C=O) groups excluding carboxylic acids is 1. The van der Waals surface area contributed by atoms with Gasteiger partial charge in [-0.05, 0) is 47.5 Å². The van der Waals surface area contributed by atoms with Gasteiger partial charge in [0, 0.05) is 32.1 Å². The van der Waals surface area contributed by atoms with Crippen LogP contribution in [0.5, 0.6) is 11.5 Å². The topological polar surface area (TPSA) is 63.9 Å². The van der Waals surface area contributed by atoms with Gasteiger partial charge in [0.15, 0.2) is 11.5 Å². The SMILES string of the molecule is CNC(=O)c1ccc(CN(Cc2cc(Cl)c3c(c2)OCCCO3)Cc2ccco2)cc1. The molecule has 162 valence electrons. The Morgan fingerprint density at radius 1 is 1.03 bits per heavy atom. The minimum absolute atomic E-state index is 0.0965. The molecule has 1 aliphatic heterocycles. The predicted molar refractivity (Wildman–Crippen MR) is 119 cm³/mol. The Balaban J connectivity index is 1.55. The van der Waals surface area contributed by atoms with E-state index in [2.05, 4.69) is 10.2 Å². The van der Waals surface area contributed by atoms with Crippen LogP contribution in [0.1, 0.15) is 33.7 Å². The molecule has 1 aliphatic rings. The number of fused-ring (bicyclic) bond motifs is 1. The lowest BCUT2D eigenvalue weighted by Crippen LogP contribution is -2.22. The molecule has 6 nitrogen and oxygen atoms in total. The molecule has 1 N–H and O–H groups in total. The van der Waals surface area contributed by atoms with E-state index in [1.165, 1.54) is 0 Å². The third-order valence-corrected chi connectivity index (χ3v) is 5.36. The number of hydrogen-bond donors (Lipinski definition) is 1. The molecule has 0 aliphatic carbocycles. The van der Waals surface area contributed by atoms with Gasteiger partial charge >= 0.3 is 0 Å². The summed E-state index contributed by atoms with van der Waals surface area (Å²) in [6.45, 7) is 3.18. The minimum atomic E-state index is -0.0965. The van der Waals surface area contributed by atoms with Crippen molar-refractivity contribution in [2.24, 2.45) is 0 Å². The van der Waals surface area contributed by atoms with Crippen LogP contribution in [-0.4, -0.2) is 31.1 Å². The molecular formula is C24H25ClN2O4. The first-order valence-electron chi connectivity index (χ1n) is 10.3. The summed E-state index contributed by atoms with van der Waals surface area (Å²) in [5, 5.41) is 3.20. The molecule has 1 aromatic heterocycles. The Labute approximate surface area is 186 Å². The molecule has 2 aromatic carbocycles. The number of halogens is 1. The van der Waals surface area contributed by atoms with E-state index in [1.807, 2.05) is 48.5 Å². The van der Waals surface area contributed by atoms with Crippen molar-refractivity contribution in [1.82, 2.24) is 10.2 Å². The summed E-state index contributed by atoms with van der Waals surface area (Å²) in [6.07, 6.45) is 2.51. The third kappa shape index (κ3) is 5.40. The van der Waals surface area contributed by atoms with Crippen LogP contribution in [-0.2, 0) is 19.6 Å². The first kappa shape index (κ1) is 21.3. The Hall–Kier alpha value is -2.96. The lowest BCUT2D eigenvalue weighted by atomic mass is 10.1. The lowest BCUT2D eigenvalue weighted by molar-refractivity contribution is 0.0963. The maximum absolute atomic E-state index is 11.8. The van der Waals surface area contributed by atoms with Crippen molar-refractivity contribution in [2.45, 2.75) is 26.1 Å². The summed E-state index contributed by atoms with van der Waals surface area (Å²) in [5.74, 6) is 2.08. The van der Waals surface area contributed by atoms with Crippen molar-refractivity contribution in [3.05, 3.63) is 82.3 Å². The molecule has 0 unspecified atom stereocenters. The highest BCUT2D eigenvalue weighted by Gasteiger charge is 2.18. The van der Waals surface area contributed by atoms with E-state index < -0.39 is 0 Å². The van der Waals surface area contributed by atoms with Crippen LogP contribution in [0.3, 0.4) is 0 Å². The number of ether oxygens (including phenoxy) is 2. The number of benzene rings is 2. The van der Waals surface area contributed by atoms with E-state index in [9.17, 15) is 4.79 Å². The third-order valence-electron chi connectivity index (χ3n) is 5.08. The average Bonchev–Trinajstić information content (AvgIpc) is 3.16. The highest BCUT2D eigenvalue weighted by Crippen LogP contribution is 2.38. The van der Waals surface area contributed by atoms with E-state index in [4.69, 9.17) is 25.5 Å². The Morgan fingerprint density at radius 2 is 1.81 bits per heavy atom. The summed E-state index contributed by atoms with van der Waals surface area (Å²) in [4.78, 5) is 14.1. The molecule has 1 amide bonds.